The number of allylic oxidation sites excluding steroid dienone is 2. The van der Waals surface area contributed by atoms with E-state index < -0.39 is 0 Å². The maximum Gasteiger partial charge on any atom is 0.0463 e. The fraction of sp³-hybridized carbons (Fsp3) is 0.412. The Kier molecular flexibility index (Phi) is 4.43. The van der Waals surface area contributed by atoms with Gasteiger partial charge in [-0.25, -0.2) is 0 Å². The molecule has 1 aromatic rings. The van der Waals surface area contributed by atoms with Gasteiger partial charge in [-0.3, -0.25) is 0 Å². The molecule has 0 aromatic heterocycles. The summed E-state index contributed by atoms with van der Waals surface area (Å²) in [4.78, 5) is 0. The molecule has 2 N–H and O–H groups in total. The van der Waals surface area contributed by atoms with Crippen LogP contribution in [-0.4, -0.2) is 7.05 Å². The van der Waals surface area contributed by atoms with Gasteiger partial charge in [0, 0.05) is 23.5 Å². The van der Waals surface area contributed by atoms with Crippen LogP contribution in [0.4, 0.5) is 5.69 Å². The van der Waals surface area contributed by atoms with E-state index in [0.717, 1.165) is 18.7 Å². The van der Waals surface area contributed by atoms with E-state index in [1.165, 1.54) is 40.8 Å². The van der Waals surface area contributed by atoms with Crippen LogP contribution in [0.1, 0.15) is 44.2 Å². The third kappa shape index (κ3) is 2.90. The summed E-state index contributed by atoms with van der Waals surface area (Å²) in [6.07, 6.45) is 3.56. The van der Waals surface area contributed by atoms with Crippen molar-refractivity contribution in [2.24, 2.45) is 0 Å². The fourth-order valence-electron chi connectivity index (χ4n) is 2.65. The van der Waals surface area contributed by atoms with E-state index in [2.05, 4.69) is 49.3 Å². The van der Waals surface area contributed by atoms with Crippen LogP contribution in [0.25, 0.3) is 5.57 Å². The van der Waals surface area contributed by atoms with Crippen LogP contribution in [0.3, 0.4) is 0 Å². The predicted octanol–water partition coefficient (Wildman–Crippen LogP) is 4.31. The second-order valence-electron chi connectivity index (χ2n) is 5.22. The molecule has 1 aromatic carbocycles. The minimum Gasteiger partial charge on any atom is -0.355 e. The third-order valence-electron chi connectivity index (χ3n) is 3.75. The van der Waals surface area contributed by atoms with Crippen LogP contribution in [-0.2, 0) is 6.54 Å². The van der Waals surface area contributed by atoms with Gasteiger partial charge in [-0.2, -0.15) is 0 Å². The summed E-state index contributed by atoms with van der Waals surface area (Å²) in [6, 6.07) is 6.64. The Morgan fingerprint density at radius 1 is 1.32 bits per heavy atom. The lowest BCUT2D eigenvalue weighted by Gasteiger charge is -2.25. The molecule has 0 amide bonds. The monoisotopic (exact) mass is 256 g/mol. The summed E-state index contributed by atoms with van der Waals surface area (Å²) in [5.74, 6) is 0. The van der Waals surface area contributed by atoms with E-state index in [9.17, 15) is 0 Å². The van der Waals surface area contributed by atoms with Gasteiger partial charge in [-0.05, 0) is 49.6 Å². The summed E-state index contributed by atoms with van der Waals surface area (Å²) in [5, 5.41) is 6.66. The lowest BCUT2D eigenvalue weighted by Crippen LogP contribution is -2.12. The van der Waals surface area contributed by atoms with Gasteiger partial charge in [0.15, 0.2) is 0 Å². The lowest BCUT2D eigenvalue weighted by atomic mass is 9.90. The van der Waals surface area contributed by atoms with Crippen LogP contribution >= 0.6 is 0 Å². The van der Waals surface area contributed by atoms with Crippen molar-refractivity contribution in [3.8, 4) is 0 Å². The van der Waals surface area contributed by atoms with E-state index in [0.29, 0.717) is 0 Å². The van der Waals surface area contributed by atoms with Crippen molar-refractivity contribution >= 4 is 11.3 Å². The molecule has 1 aliphatic heterocycles. The summed E-state index contributed by atoms with van der Waals surface area (Å²) in [6.45, 7) is 9.53. The molecule has 1 aliphatic rings. The Labute approximate surface area is 116 Å². The highest BCUT2D eigenvalue weighted by Crippen LogP contribution is 2.37. The van der Waals surface area contributed by atoms with Crippen molar-refractivity contribution in [3.05, 3.63) is 47.2 Å². The maximum absolute atomic E-state index is 4.19. The Bertz CT molecular complexity index is 512. The van der Waals surface area contributed by atoms with E-state index in [1.54, 1.807) is 0 Å². The molecular formula is C17H24N2. The van der Waals surface area contributed by atoms with Gasteiger partial charge in [-0.15, -0.1) is 0 Å². The van der Waals surface area contributed by atoms with Gasteiger partial charge in [-0.1, -0.05) is 32.1 Å². The average Bonchev–Trinajstić information content (AvgIpc) is 2.38. The van der Waals surface area contributed by atoms with Crippen molar-refractivity contribution in [3.63, 3.8) is 0 Å². The molecular weight excluding hydrogens is 232 g/mol. The summed E-state index contributed by atoms with van der Waals surface area (Å²) < 4.78 is 0. The second-order valence-corrected chi connectivity index (χ2v) is 5.22. The van der Waals surface area contributed by atoms with Gasteiger partial charge in [0.2, 0.25) is 0 Å². The van der Waals surface area contributed by atoms with Gasteiger partial charge >= 0.3 is 0 Å². The predicted molar refractivity (Wildman–Crippen MR) is 84.1 cm³/mol. The molecule has 1 heterocycles. The molecule has 0 bridgehead atoms. The number of hydrogen-bond donors (Lipinski definition) is 2. The van der Waals surface area contributed by atoms with Crippen molar-refractivity contribution in [1.82, 2.24) is 5.32 Å². The first-order valence-electron chi connectivity index (χ1n) is 7.11. The van der Waals surface area contributed by atoms with E-state index >= 15 is 0 Å². The second kappa shape index (κ2) is 6.07. The topological polar surface area (TPSA) is 24.1 Å². The first-order valence-corrected chi connectivity index (χ1v) is 7.11. The SMILES string of the molecule is C=C1Nc2cc(CNC)ccc2C(C)=C1CCCC. The van der Waals surface area contributed by atoms with Crippen LogP contribution in [0.15, 0.2) is 36.0 Å². The minimum atomic E-state index is 0.896. The number of rotatable bonds is 5. The Hall–Kier alpha value is -1.54. The number of anilines is 1. The molecule has 0 radical (unpaired) electrons. The van der Waals surface area contributed by atoms with Crippen LogP contribution in [0.5, 0.6) is 0 Å². The largest absolute Gasteiger partial charge is 0.355 e. The van der Waals surface area contributed by atoms with Crippen LogP contribution in [0.2, 0.25) is 0 Å². The Balaban J connectivity index is 2.35. The average molecular weight is 256 g/mol. The highest BCUT2D eigenvalue weighted by Gasteiger charge is 2.18. The quantitative estimate of drug-likeness (QED) is 0.820. The molecule has 102 valence electrons. The van der Waals surface area contributed by atoms with Crippen molar-refractivity contribution in [2.75, 3.05) is 12.4 Å². The lowest BCUT2D eigenvalue weighted by molar-refractivity contribution is 0.791. The van der Waals surface area contributed by atoms with Gasteiger partial charge < -0.3 is 10.6 Å². The number of benzene rings is 1. The van der Waals surface area contributed by atoms with E-state index in [-0.39, 0.29) is 0 Å². The van der Waals surface area contributed by atoms with Crippen molar-refractivity contribution in [1.29, 1.82) is 0 Å². The molecule has 2 rings (SSSR count). The fourth-order valence-corrected chi connectivity index (χ4v) is 2.65. The Morgan fingerprint density at radius 2 is 2.11 bits per heavy atom. The Morgan fingerprint density at radius 3 is 2.79 bits per heavy atom. The van der Waals surface area contributed by atoms with Crippen molar-refractivity contribution < 1.29 is 0 Å². The van der Waals surface area contributed by atoms with Crippen LogP contribution < -0.4 is 10.6 Å². The molecule has 0 atom stereocenters. The smallest absolute Gasteiger partial charge is 0.0463 e. The standard InChI is InChI=1S/C17H24N2/c1-5-6-7-15-12(2)16-9-8-14(11-18-4)10-17(16)19-13(15)3/h8-10,18-19H,3,5-7,11H2,1-2,4H3. The maximum atomic E-state index is 4.19. The molecule has 0 aliphatic carbocycles. The zero-order valence-electron chi connectivity index (χ0n) is 12.3. The molecule has 19 heavy (non-hydrogen) atoms. The van der Waals surface area contributed by atoms with E-state index in [4.69, 9.17) is 0 Å². The number of nitrogens with one attached hydrogen (secondary N) is 2. The molecule has 0 fully saturated rings. The number of unbranched alkanes of at least 4 members (excludes halogenated alkanes) is 1. The normalized spacial score (nSPS) is 14.4. The third-order valence-corrected chi connectivity index (χ3v) is 3.75. The molecule has 0 unspecified atom stereocenters. The molecule has 0 saturated heterocycles. The van der Waals surface area contributed by atoms with Crippen LogP contribution in [0, 0.1) is 0 Å². The molecule has 0 saturated carbocycles. The number of hydrogen-bond acceptors (Lipinski definition) is 2. The first-order chi connectivity index (χ1) is 9.17. The van der Waals surface area contributed by atoms with E-state index in [1.807, 2.05) is 7.05 Å². The summed E-state index contributed by atoms with van der Waals surface area (Å²) in [7, 11) is 1.97. The molecule has 0 spiro atoms. The zero-order valence-corrected chi connectivity index (χ0v) is 12.3. The van der Waals surface area contributed by atoms with Gasteiger partial charge in [0.1, 0.15) is 0 Å². The highest BCUT2D eigenvalue weighted by atomic mass is 14.9. The first kappa shape index (κ1) is 13.9. The zero-order chi connectivity index (χ0) is 13.8. The number of fused-ring (bicyclic) bond motifs is 1. The summed E-state index contributed by atoms with van der Waals surface area (Å²) >= 11 is 0. The molecule has 2 nitrogen and oxygen atoms in total. The highest BCUT2D eigenvalue weighted by molar-refractivity contribution is 5.85. The summed E-state index contributed by atoms with van der Waals surface area (Å²) in [5.41, 5.74) is 7.64. The van der Waals surface area contributed by atoms with Gasteiger partial charge in [0.25, 0.3) is 0 Å². The van der Waals surface area contributed by atoms with Crippen molar-refractivity contribution in [2.45, 2.75) is 39.7 Å². The molecule has 2 heteroatoms. The minimum absolute atomic E-state index is 0.896. The van der Waals surface area contributed by atoms with Gasteiger partial charge in [0.05, 0.1) is 0 Å².